The van der Waals surface area contributed by atoms with Crippen molar-refractivity contribution in [3.05, 3.63) is 58.6 Å². The van der Waals surface area contributed by atoms with Crippen LogP contribution in [0.5, 0.6) is 0 Å². The van der Waals surface area contributed by atoms with Crippen LogP contribution in [0, 0.1) is 0 Å². The maximum absolute atomic E-state index is 12.9. The molecule has 0 saturated heterocycles. The molecule has 0 unspecified atom stereocenters. The molecule has 31 heavy (non-hydrogen) atoms. The zero-order valence-corrected chi connectivity index (χ0v) is 18.0. The maximum Gasteiger partial charge on any atom is 0.417 e. The van der Waals surface area contributed by atoms with Crippen molar-refractivity contribution in [3.8, 4) is 10.6 Å². The molecular weight excluding hydrogens is 447 g/mol. The van der Waals surface area contributed by atoms with Gasteiger partial charge in [0.15, 0.2) is 5.13 Å². The van der Waals surface area contributed by atoms with E-state index in [-0.39, 0.29) is 11.7 Å². The van der Waals surface area contributed by atoms with Gasteiger partial charge in [-0.2, -0.15) is 13.2 Å². The van der Waals surface area contributed by atoms with Crippen LogP contribution in [0.3, 0.4) is 0 Å². The van der Waals surface area contributed by atoms with Crippen molar-refractivity contribution in [2.45, 2.75) is 25.9 Å². The predicted molar refractivity (Wildman–Crippen MR) is 117 cm³/mol. The first-order valence-corrected chi connectivity index (χ1v) is 10.8. The van der Waals surface area contributed by atoms with Crippen LogP contribution in [0.1, 0.15) is 40.6 Å². The van der Waals surface area contributed by atoms with E-state index in [0.717, 1.165) is 25.5 Å². The Morgan fingerprint density at radius 1 is 1.16 bits per heavy atom. The molecule has 0 saturated carbocycles. The van der Waals surface area contributed by atoms with Crippen LogP contribution in [0.25, 0.3) is 20.7 Å². The minimum Gasteiger partial charge on any atom is -0.478 e. The minimum atomic E-state index is -4.68. The number of anilines is 2. The summed E-state index contributed by atoms with van der Waals surface area (Å²) in [5, 5.41) is 13.6. The van der Waals surface area contributed by atoms with Crippen LogP contribution in [0.2, 0.25) is 0 Å². The van der Waals surface area contributed by atoms with Crippen molar-refractivity contribution in [2.24, 2.45) is 0 Å². The summed E-state index contributed by atoms with van der Waals surface area (Å²) in [7, 11) is 0. The molecule has 4 rings (SSSR count). The van der Waals surface area contributed by atoms with Crippen LogP contribution >= 0.6 is 22.7 Å². The number of carboxylic acids is 1. The molecule has 0 aliphatic rings. The molecule has 0 aliphatic carbocycles. The molecular formula is C21H16F3N3O2S2. The van der Waals surface area contributed by atoms with Crippen LogP contribution < -0.4 is 5.32 Å². The number of aromatic nitrogens is 2. The monoisotopic (exact) mass is 463 g/mol. The van der Waals surface area contributed by atoms with E-state index in [1.54, 1.807) is 11.3 Å². The summed E-state index contributed by atoms with van der Waals surface area (Å²) in [6, 6.07) is 10.6. The molecule has 0 radical (unpaired) electrons. The van der Waals surface area contributed by atoms with Gasteiger partial charge in [-0.25, -0.2) is 14.8 Å². The van der Waals surface area contributed by atoms with Gasteiger partial charge in [0.25, 0.3) is 0 Å². The first-order chi connectivity index (χ1) is 14.6. The van der Waals surface area contributed by atoms with Gasteiger partial charge in [0.2, 0.25) is 0 Å². The average molecular weight is 464 g/mol. The zero-order chi connectivity index (χ0) is 22.3. The first-order valence-electron chi connectivity index (χ1n) is 9.20. The standard InChI is InChI=1S/C21H16F3N3O2S2/c1-10(2)17-16(15-7-11-5-3-4-6-14(11)30-15)26-20(31-17)27-18-13(19(28)29)8-12(9-25-18)21(22,23)24/h3-10H,1-2H3,(H,28,29)(H,25,26,27). The Balaban J connectivity index is 1.75. The van der Waals surface area contributed by atoms with Crippen LogP contribution in [0.15, 0.2) is 42.6 Å². The van der Waals surface area contributed by atoms with Gasteiger partial charge in [0, 0.05) is 15.8 Å². The number of carboxylic acid groups (broad SMARTS) is 1. The number of carbonyl (C=O) groups is 1. The summed E-state index contributed by atoms with van der Waals surface area (Å²) in [6.07, 6.45) is -4.07. The summed E-state index contributed by atoms with van der Waals surface area (Å²) in [4.78, 5) is 21.8. The first kappa shape index (κ1) is 21.3. The fourth-order valence-electron chi connectivity index (χ4n) is 3.04. The second-order valence-electron chi connectivity index (χ2n) is 7.08. The fourth-order valence-corrected chi connectivity index (χ4v) is 5.15. The average Bonchev–Trinajstić information content (AvgIpc) is 3.31. The summed E-state index contributed by atoms with van der Waals surface area (Å²) in [5.74, 6) is -1.55. The number of nitrogens with zero attached hydrogens (tertiary/aromatic N) is 2. The lowest BCUT2D eigenvalue weighted by molar-refractivity contribution is -0.137. The zero-order valence-electron chi connectivity index (χ0n) is 16.3. The highest BCUT2D eigenvalue weighted by Gasteiger charge is 2.33. The van der Waals surface area contributed by atoms with Crippen molar-refractivity contribution in [2.75, 3.05) is 5.32 Å². The molecule has 5 nitrogen and oxygen atoms in total. The third-order valence-electron chi connectivity index (χ3n) is 4.51. The number of benzene rings is 1. The second-order valence-corrected chi connectivity index (χ2v) is 9.20. The predicted octanol–water partition coefficient (Wildman–Crippen LogP) is 7.00. The number of thiazole rings is 1. The molecule has 10 heteroatoms. The van der Waals surface area contributed by atoms with Crippen molar-refractivity contribution >= 4 is 49.7 Å². The van der Waals surface area contributed by atoms with E-state index in [0.29, 0.717) is 17.4 Å². The quantitative estimate of drug-likeness (QED) is 0.333. The van der Waals surface area contributed by atoms with Gasteiger partial charge in [-0.15, -0.1) is 22.7 Å². The van der Waals surface area contributed by atoms with Crippen LogP contribution in [0.4, 0.5) is 24.1 Å². The Morgan fingerprint density at radius 3 is 2.55 bits per heavy atom. The lowest BCUT2D eigenvalue weighted by Gasteiger charge is -2.10. The molecule has 0 bridgehead atoms. The Bertz CT molecular complexity index is 1250. The van der Waals surface area contributed by atoms with E-state index < -0.39 is 23.3 Å². The Hall–Kier alpha value is -2.98. The summed E-state index contributed by atoms with van der Waals surface area (Å²) in [5.41, 5.74) is -0.921. The number of nitrogens with one attached hydrogen (secondary N) is 1. The summed E-state index contributed by atoms with van der Waals surface area (Å²) in [6.45, 7) is 4.04. The number of halogens is 3. The lowest BCUT2D eigenvalue weighted by Crippen LogP contribution is -2.11. The molecule has 0 aliphatic heterocycles. The normalized spacial score (nSPS) is 11.9. The molecule has 0 spiro atoms. The number of hydrogen-bond acceptors (Lipinski definition) is 6. The highest BCUT2D eigenvalue weighted by molar-refractivity contribution is 7.22. The Morgan fingerprint density at radius 2 is 1.90 bits per heavy atom. The molecule has 4 aromatic rings. The van der Waals surface area contributed by atoms with Gasteiger partial charge < -0.3 is 10.4 Å². The van der Waals surface area contributed by atoms with E-state index in [4.69, 9.17) is 0 Å². The van der Waals surface area contributed by atoms with Gasteiger partial charge in [0.05, 0.1) is 16.1 Å². The molecule has 3 aromatic heterocycles. The molecule has 160 valence electrons. The van der Waals surface area contributed by atoms with Crippen molar-refractivity contribution in [1.29, 1.82) is 0 Å². The van der Waals surface area contributed by atoms with Crippen molar-refractivity contribution < 1.29 is 23.1 Å². The summed E-state index contributed by atoms with van der Waals surface area (Å²) < 4.78 is 40.0. The third kappa shape index (κ3) is 4.26. The highest BCUT2D eigenvalue weighted by atomic mass is 32.1. The number of rotatable bonds is 5. The Labute approximate surface area is 183 Å². The molecule has 3 heterocycles. The number of alkyl halides is 3. The largest absolute Gasteiger partial charge is 0.478 e. The SMILES string of the molecule is CC(C)c1sc(Nc2ncc(C(F)(F)F)cc2C(=O)O)nc1-c1cc2ccccc2s1. The van der Waals surface area contributed by atoms with Crippen LogP contribution in [-0.4, -0.2) is 21.0 Å². The Kier molecular flexibility index (Phi) is 5.44. The van der Waals surface area contributed by atoms with Crippen molar-refractivity contribution in [3.63, 3.8) is 0 Å². The van der Waals surface area contributed by atoms with E-state index in [1.165, 1.54) is 11.3 Å². The van der Waals surface area contributed by atoms with E-state index in [1.807, 2.05) is 44.2 Å². The number of hydrogen-bond donors (Lipinski definition) is 2. The van der Waals surface area contributed by atoms with Crippen molar-refractivity contribution in [1.82, 2.24) is 9.97 Å². The second kappa shape index (κ2) is 7.93. The summed E-state index contributed by atoms with van der Waals surface area (Å²) >= 11 is 2.92. The minimum absolute atomic E-state index is 0.146. The smallest absolute Gasteiger partial charge is 0.417 e. The number of pyridine rings is 1. The van der Waals surface area contributed by atoms with Gasteiger partial charge in [-0.05, 0) is 29.5 Å². The lowest BCUT2D eigenvalue weighted by atomic mass is 10.1. The van der Waals surface area contributed by atoms with Gasteiger partial charge in [-0.1, -0.05) is 32.0 Å². The van der Waals surface area contributed by atoms with E-state index in [9.17, 15) is 23.1 Å². The molecule has 0 fully saturated rings. The van der Waals surface area contributed by atoms with E-state index >= 15 is 0 Å². The number of fused-ring (bicyclic) bond motifs is 1. The topological polar surface area (TPSA) is 75.1 Å². The fraction of sp³-hybridized carbons (Fsp3) is 0.190. The number of thiophene rings is 1. The van der Waals surface area contributed by atoms with E-state index in [2.05, 4.69) is 15.3 Å². The molecule has 2 N–H and O–H groups in total. The van der Waals surface area contributed by atoms with Gasteiger partial charge in [-0.3, -0.25) is 0 Å². The molecule has 1 aromatic carbocycles. The third-order valence-corrected chi connectivity index (χ3v) is 6.90. The molecule has 0 amide bonds. The number of aromatic carboxylic acids is 1. The molecule has 0 atom stereocenters. The van der Waals surface area contributed by atoms with Gasteiger partial charge in [0.1, 0.15) is 11.4 Å². The van der Waals surface area contributed by atoms with Crippen LogP contribution in [-0.2, 0) is 6.18 Å². The highest BCUT2D eigenvalue weighted by Crippen LogP contribution is 2.42. The maximum atomic E-state index is 12.9. The van der Waals surface area contributed by atoms with Gasteiger partial charge >= 0.3 is 12.1 Å².